The summed E-state index contributed by atoms with van der Waals surface area (Å²) in [7, 11) is 7.95. The predicted octanol–water partition coefficient (Wildman–Crippen LogP) is 7.53. The number of halogens is 1. The van der Waals surface area contributed by atoms with Gasteiger partial charge in [-0.05, 0) is 17.1 Å². The van der Waals surface area contributed by atoms with Crippen LogP contribution in [0.5, 0.6) is 0 Å². The number of hydrogen-bond acceptors (Lipinski definition) is 5. The van der Waals surface area contributed by atoms with E-state index < -0.39 is 12.3 Å². The highest BCUT2D eigenvalue weighted by Crippen LogP contribution is 2.21. The molecule has 11 aromatic rings. The molecule has 0 saturated heterocycles. The van der Waals surface area contributed by atoms with Gasteiger partial charge < -0.3 is 15.5 Å². The summed E-state index contributed by atoms with van der Waals surface area (Å²) in [5.41, 5.74) is 18.9. The fourth-order valence-corrected chi connectivity index (χ4v) is 10.9. The van der Waals surface area contributed by atoms with Gasteiger partial charge in [-0.2, -0.15) is 48.3 Å². The van der Waals surface area contributed by atoms with E-state index in [1.54, 1.807) is 4.57 Å². The molecule has 0 spiro atoms. The lowest BCUT2D eigenvalue weighted by atomic mass is 9.13. The van der Waals surface area contributed by atoms with Gasteiger partial charge >= 0.3 is 11.8 Å². The molecule has 0 saturated carbocycles. The van der Waals surface area contributed by atoms with E-state index in [4.69, 9.17) is 17.3 Å². The Kier molecular flexibility index (Phi) is 16.6. The minimum absolute atomic E-state index is 0.236. The van der Waals surface area contributed by atoms with Crippen LogP contribution in [0.4, 0.5) is 17.2 Å². The Bertz CT molecular complexity index is 3020. The number of nitrogens with two attached hydrogens (primary N) is 1. The first kappa shape index (κ1) is 51.8. The predicted molar refractivity (Wildman–Crippen MR) is 323 cm³/mol. The smallest absolute Gasteiger partial charge is 0.377 e. The first-order valence-electron chi connectivity index (χ1n) is 25.7. The van der Waals surface area contributed by atoms with Gasteiger partial charge in [-0.3, -0.25) is 0 Å². The number of nitrogen functional groups attached to an aromatic ring is 1. The number of pyridine rings is 2. The van der Waals surface area contributed by atoms with Gasteiger partial charge in [0, 0.05) is 56.7 Å². The van der Waals surface area contributed by atoms with Crippen LogP contribution in [0.25, 0.3) is 11.8 Å². The average Bonchev–Trinajstić information content (AvgIpc) is 3.49. The molecule has 2 N–H and O–H groups in total. The summed E-state index contributed by atoms with van der Waals surface area (Å²) in [5, 5.41) is 0.321. The van der Waals surface area contributed by atoms with Crippen molar-refractivity contribution in [3.63, 3.8) is 0 Å². The molecule has 0 aliphatic carbocycles. The molecule has 0 aliphatic heterocycles. The molecule has 76 heavy (non-hydrogen) atoms. The Hall–Kier alpha value is -9.04. The fourth-order valence-electron chi connectivity index (χ4n) is 10.7. The van der Waals surface area contributed by atoms with Crippen molar-refractivity contribution in [2.75, 3.05) is 43.7 Å². The van der Waals surface area contributed by atoms with Crippen molar-refractivity contribution in [1.82, 2.24) is 9.97 Å². The zero-order valence-electron chi connectivity index (χ0n) is 43.5. The number of rotatable bonds is 12. The summed E-state index contributed by atoms with van der Waals surface area (Å²) < 4.78 is 3.63. The Morgan fingerprint density at radius 2 is 0.553 bits per heavy atom. The zero-order valence-corrected chi connectivity index (χ0v) is 44.3. The topological polar surface area (TPSA) is 66.0 Å². The first-order valence-corrected chi connectivity index (χ1v) is 26.0. The highest BCUT2D eigenvalue weighted by molar-refractivity contribution is 7.20. The van der Waals surface area contributed by atoms with Crippen molar-refractivity contribution in [3.05, 3.63) is 297 Å². The molecule has 0 aliphatic rings. The molecule has 0 atom stereocenters. The lowest BCUT2D eigenvalue weighted by Crippen LogP contribution is -2.74. The molecule has 0 radical (unpaired) electrons. The molecule has 11 rings (SSSR count). The van der Waals surface area contributed by atoms with E-state index in [2.05, 4.69) is 253 Å². The molecule has 3 heterocycles. The summed E-state index contributed by atoms with van der Waals surface area (Å²) in [5.74, 6) is 1.22. The Morgan fingerprint density at radius 1 is 0.329 bits per heavy atom. The SMILES string of the molecule is CN(C)c1cc[n+](-c2nc(N)c(Cl)c(-[n+]3ccc(N(C)C)cc3)n2)cc1.c1ccc([B-](c2ccccc2)(c2ccccc2)c2ccccc2)cc1.c1ccc([B-](c2ccccc2)(c2ccccc2)c2ccccc2)cc1. The van der Waals surface area contributed by atoms with E-state index in [-0.39, 0.29) is 5.82 Å². The van der Waals surface area contributed by atoms with Crippen LogP contribution in [-0.2, 0) is 0 Å². The van der Waals surface area contributed by atoms with Gasteiger partial charge in [0.05, 0.1) is 24.8 Å². The van der Waals surface area contributed by atoms with E-state index in [1.807, 2.05) is 91.6 Å². The number of hydrogen-bond donors (Lipinski definition) is 1. The minimum atomic E-state index is -1.22. The van der Waals surface area contributed by atoms with E-state index in [1.165, 1.54) is 43.7 Å². The van der Waals surface area contributed by atoms with Crippen LogP contribution in [0.15, 0.2) is 292 Å². The number of aromatic nitrogens is 4. The van der Waals surface area contributed by atoms with Gasteiger partial charge in [0.1, 0.15) is 12.3 Å². The maximum Gasteiger partial charge on any atom is 0.479 e. The van der Waals surface area contributed by atoms with Crippen LogP contribution in [0.1, 0.15) is 0 Å². The molecule has 10 heteroatoms. The molecular formula is C66H62B2ClN7. The van der Waals surface area contributed by atoms with E-state index >= 15 is 0 Å². The normalized spacial score (nSPS) is 11.0. The molecule has 0 amide bonds. The molecule has 7 nitrogen and oxygen atoms in total. The van der Waals surface area contributed by atoms with Crippen molar-refractivity contribution < 1.29 is 9.13 Å². The third-order valence-corrected chi connectivity index (χ3v) is 14.7. The molecule has 3 aromatic heterocycles. The molecular weight excluding hydrogens is 948 g/mol. The second kappa shape index (κ2) is 24.3. The van der Waals surface area contributed by atoms with Gasteiger partial charge in [0.25, 0.3) is 0 Å². The first-order chi connectivity index (χ1) is 37.2. The number of nitrogens with zero attached hydrogens (tertiary/aromatic N) is 6. The second-order valence-electron chi connectivity index (χ2n) is 19.3. The Morgan fingerprint density at radius 3 is 0.776 bits per heavy atom. The average molecular weight is 1010 g/mol. The maximum absolute atomic E-state index is 6.36. The van der Waals surface area contributed by atoms with Crippen molar-refractivity contribution in [3.8, 4) is 11.8 Å². The van der Waals surface area contributed by atoms with Gasteiger partial charge in [0.15, 0.2) is 5.02 Å². The lowest BCUT2D eigenvalue weighted by Gasteiger charge is -2.44. The fraction of sp³-hybridized carbons (Fsp3) is 0.0606. The molecule has 0 fully saturated rings. The van der Waals surface area contributed by atoms with Crippen LogP contribution in [0.3, 0.4) is 0 Å². The second-order valence-corrected chi connectivity index (χ2v) is 19.7. The minimum Gasteiger partial charge on any atom is -0.377 e. The Balaban J connectivity index is 0.000000139. The van der Waals surface area contributed by atoms with E-state index in [9.17, 15) is 0 Å². The largest absolute Gasteiger partial charge is 0.479 e. The van der Waals surface area contributed by atoms with Crippen LogP contribution >= 0.6 is 11.6 Å². The maximum atomic E-state index is 6.36. The van der Waals surface area contributed by atoms with Crippen LogP contribution in [0, 0.1) is 0 Å². The van der Waals surface area contributed by atoms with Crippen molar-refractivity contribution in [2.24, 2.45) is 0 Å². The summed E-state index contributed by atoms with van der Waals surface area (Å²) in [6.07, 6.45) is 5.14. The highest BCUT2D eigenvalue weighted by atomic mass is 35.5. The van der Waals surface area contributed by atoms with Crippen LogP contribution < -0.4 is 68.4 Å². The summed E-state index contributed by atoms with van der Waals surface area (Å²) in [6.45, 7) is 0. The van der Waals surface area contributed by atoms with Crippen LogP contribution in [0.2, 0.25) is 5.02 Å². The van der Waals surface area contributed by atoms with Gasteiger partial charge in [0.2, 0.25) is 5.82 Å². The third-order valence-electron chi connectivity index (χ3n) is 14.4. The van der Waals surface area contributed by atoms with Crippen molar-refractivity contribution >= 4 is 84.8 Å². The summed E-state index contributed by atoms with van der Waals surface area (Å²) in [4.78, 5) is 13.0. The molecule has 374 valence electrons. The summed E-state index contributed by atoms with van der Waals surface area (Å²) >= 11 is 6.36. The third kappa shape index (κ3) is 11.1. The monoisotopic (exact) mass is 1010 g/mol. The molecule has 0 unspecified atom stereocenters. The van der Waals surface area contributed by atoms with Crippen molar-refractivity contribution in [2.45, 2.75) is 0 Å². The van der Waals surface area contributed by atoms with E-state index in [0.29, 0.717) is 16.8 Å². The van der Waals surface area contributed by atoms with Gasteiger partial charge in [-0.25, -0.2) is 4.57 Å². The van der Waals surface area contributed by atoms with Gasteiger partial charge in [-0.15, -0.1) is 0 Å². The Labute approximate surface area is 453 Å². The van der Waals surface area contributed by atoms with E-state index in [0.717, 1.165) is 11.4 Å². The van der Waals surface area contributed by atoms with Gasteiger partial charge in [-0.1, -0.05) is 254 Å². The van der Waals surface area contributed by atoms with Crippen LogP contribution in [-0.4, -0.2) is 50.5 Å². The zero-order chi connectivity index (χ0) is 52.7. The quantitative estimate of drug-likeness (QED) is 0.101. The molecule has 0 bridgehead atoms. The van der Waals surface area contributed by atoms with Crippen molar-refractivity contribution in [1.29, 1.82) is 0 Å². The highest BCUT2D eigenvalue weighted by Gasteiger charge is 2.33. The molecule has 8 aromatic carbocycles. The summed E-state index contributed by atoms with van der Waals surface area (Å²) in [6, 6.07) is 95.0. The standard InChI is InChI=1S/2C24H20B.C18H22ClN7/c2*1-5-13-21(14-6-1)25(22-15-7-2-8-16-22,23-17-9-3-10-18-23)24-19-11-4-12-20-24;1-23(2)13-5-9-25(10-6-13)17-15(19)16(20)21-18(22-17)26-11-7-14(8-12-26)24(3)4/h2*1-20H;5-12H,1-4H3,(H2,20,21,22)/q2*-1;+2. The number of anilines is 3. The lowest BCUT2D eigenvalue weighted by molar-refractivity contribution is -0.614. The number of benzene rings is 8.